The number of benzene rings is 1. The number of hydrogen-bond donors (Lipinski definition) is 8. The van der Waals surface area contributed by atoms with E-state index in [1.165, 1.54) is 4.57 Å². The molecule has 1 amide bonds. The lowest BCUT2D eigenvalue weighted by Crippen LogP contribution is -2.43. The van der Waals surface area contributed by atoms with Crippen molar-refractivity contribution in [3.8, 4) is 11.5 Å². The minimum atomic E-state index is -4.21. The van der Waals surface area contributed by atoms with Crippen molar-refractivity contribution in [3.63, 3.8) is 0 Å². The molecule has 1 aromatic carbocycles. The molecular formula is C21H29N5O10Si. The standard InChI is InChI=1S/C21H29N5O10Si/c1-10-6-12-13(7-11(10)2)26(18-16(23-12)19(30)25-20(31)24-18)8-14(27)17(29)15(28)9-36-21(32)22-4-3-5-37(33,34)35/h6-7,14-15,17,27-29,33-35H,3-5,8-9H2,1-2H3,(H,22,32)(H,25,30,31)/t14-,15+,17-/m0/s1. The van der Waals surface area contributed by atoms with Gasteiger partial charge in [-0.05, 0) is 43.5 Å². The zero-order valence-electron chi connectivity index (χ0n) is 20.1. The van der Waals surface area contributed by atoms with Gasteiger partial charge in [0.25, 0.3) is 5.56 Å². The van der Waals surface area contributed by atoms with Crippen LogP contribution < -0.4 is 16.6 Å². The van der Waals surface area contributed by atoms with Crippen molar-refractivity contribution in [2.24, 2.45) is 0 Å². The van der Waals surface area contributed by atoms with Gasteiger partial charge in [0, 0.05) is 12.6 Å². The summed E-state index contributed by atoms with van der Waals surface area (Å²) in [5.74, 6) is -0.124. The van der Waals surface area contributed by atoms with Crippen molar-refractivity contribution in [2.75, 3.05) is 13.2 Å². The summed E-state index contributed by atoms with van der Waals surface area (Å²) in [6.07, 6.45) is -6.05. The Morgan fingerprint density at radius 1 is 1.11 bits per heavy atom. The summed E-state index contributed by atoms with van der Waals surface area (Å²) < 4.78 is 6.14. The van der Waals surface area contributed by atoms with E-state index < -0.39 is 57.6 Å². The van der Waals surface area contributed by atoms with E-state index in [1.807, 2.05) is 18.8 Å². The molecule has 15 nitrogen and oxygen atoms in total. The smallest absolute Gasteiger partial charge is 0.447 e. The number of aliphatic hydroxyl groups excluding tert-OH is 3. The molecule has 2 aliphatic heterocycles. The number of aromatic amines is 1. The number of hydrogen-bond acceptors (Lipinski definition) is 12. The molecule has 2 heterocycles. The summed E-state index contributed by atoms with van der Waals surface area (Å²) in [4.78, 5) is 72.9. The molecule has 3 atom stereocenters. The molecule has 3 rings (SSSR count). The van der Waals surface area contributed by atoms with E-state index >= 15 is 0 Å². The van der Waals surface area contributed by atoms with Crippen molar-refractivity contribution < 1.29 is 39.2 Å². The highest BCUT2D eigenvalue weighted by Gasteiger charge is 2.29. The Bertz CT molecular complexity index is 1350. The number of ether oxygens (including phenoxy) is 1. The Morgan fingerprint density at radius 2 is 1.78 bits per heavy atom. The summed E-state index contributed by atoms with van der Waals surface area (Å²) in [5.41, 5.74) is 0.694. The number of alkyl carbamates (subject to hydrolysis) is 1. The maximum Gasteiger partial charge on any atom is 0.492 e. The lowest BCUT2D eigenvalue weighted by molar-refractivity contribution is -0.0816. The molecular weight excluding hydrogens is 510 g/mol. The van der Waals surface area contributed by atoms with Gasteiger partial charge in [0.2, 0.25) is 0 Å². The molecule has 1 aromatic rings. The van der Waals surface area contributed by atoms with Crippen LogP contribution in [0.5, 0.6) is 0 Å². The first-order valence-electron chi connectivity index (χ1n) is 11.3. The molecule has 0 unspecified atom stereocenters. The Morgan fingerprint density at radius 3 is 2.46 bits per heavy atom. The van der Waals surface area contributed by atoms with Crippen LogP contribution in [-0.2, 0) is 11.3 Å². The fourth-order valence-corrected chi connectivity index (χ4v) is 4.26. The van der Waals surface area contributed by atoms with Crippen molar-refractivity contribution in [1.29, 1.82) is 0 Å². The van der Waals surface area contributed by atoms with Crippen molar-refractivity contribution in [3.05, 3.63) is 44.1 Å². The number of aryl methyl sites for hydroxylation is 2. The van der Waals surface area contributed by atoms with Crippen LogP contribution in [0.3, 0.4) is 0 Å². The van der Waals surface area contributed by atoms with Gasteiger partial charge in [0.1, 0.15) is 24.9 Å². The quantitative estimate of drug-likeness (QED) is 0.0746. The first kappa shape index (κ1) is 28.3. The van der Waals surface area contributed by atoms with Crippen LogP contribution in [-0.4, -0.2) is 95.6 Å². The number of amides is 1. The van der Waals surface area contributed by atoms with E-state index in [0.29, 0.717) is 11.0 Å². The second kappa shape index (κ2) is 11.4. The fraction of sp³-hybridized carbons (Fsp3) is 0.476. The van der Waals surface area contributed by atoms with Gasteiger partial charge in [0.05, 0.1) is 17.6 Å². The Labute approximate surface area is 210 Å². The number of nitrogens with zero attached hydrogens (tertiary/aromatic N) is 3. The third-order valence-corrected chi connectivity index (χ3v) is 6.75. The summed E-state index contributed by atoms with van der Waals surface area (Å²) in [5, 5.41) is 33.6. The predicted octanol–water partition coefficient (Wildman–Crippen LogP) is -2.68. The van der Waals surface area contributed by atoms with Gasteiger partial charge in [0.15, 0.2) is 11.5 Å². The molecule has 37 heavy (non-hydrogen) atoms. The maximum absolute atomic E-state index is 12.4. The average Bonchev–Trinajstić information content (AvgIpc) is 2.80. The SMILES string of the molecule is Cc1cc2nc3c(=O)[nH]c(=O)nc-3n(C[C@H](O)[C@H](O)[C@H](O)COC(=O)NCCC[Si](O)(O)O)c2cc1C. The van der Waals surface area contributed by atoms with Crippen LogP contribution in [0.15, 0.2) is 21.7 Å². The molecule has 0 aromatic heterocycles. The minimum absolute atomic E-state index is 0.0396. The summed E-state index contributed by atoms with van der Waals surface area (Å²) >= 11 is 0. The number of fused-ring (bicyclic) bond motifs is 2. The van der Waals surface area contributed by atoms with E-state index in [-0.39, 0.29) is 30.5 Å². The monoisotopic (exact) mass is 539 g/mol. The number of aromatic nitrogens is 4. The van der Waals surface area contributed by atoms with E-state index in [2.05, 4.69) is 15.3 Å². The lowest BCUT2D eigenvalue weighted by atomic mass is 10.1. The third kappa shape index (κ3) is 7.16. The fourth-order valence-electron chi connectivity index (χ4n) is 3.61. The van der Waals surface area contributed by atoms with Gasteiger partial charge in [-0.3, -0.25) is 9.78 Å². The number of aliphatic hydroxyl groups is 3. The molecule has 0 bridgehead atoms. The highest BCUT2D eigenvalue weighted by atomic mass is 28.4. The van der Waals surface area contributed by atoms with Gasteiger partial charge in [-0.2, -0.15) is 4.98 Å². The Hall–Kier alpha value is -3.25. The molecule has 0 spiro atoms. The summed E-state index contributed by atoms with van der Waals surface area (Å²) in [6, 6.07) is 3.16. The van der Waals surface area contributed by atoms with Gasteiger partial charge >= 0.3 is 20.6 Å². The van der Waals surface area contributed by atoms with E-state index in [4.69, 9.17) is 19.1 Å². The molecule has 0 aliphatic carbocycles. The largest absolute Gasteiger partial charge is 0.492 e. The number of rotatable bonds is 10. The van der Waals surface area contributed by atoms with E-state index in [0.717, 1.165) is 11.1 Å². The van der Waals surface area contributed by atoms with Crippen molar-refractivity contribution in [2.45, 2.75) is 51.2 Å². The zero-order chi connectivity index (χ0) is 27.5. The number of nitrogens with one attached hydrogen (secondary N) is 2. The van der Waals surface area contributed by atoms with E-state index in [9.17, 15) is 29.7 Å². The summed E-state index contributed by atoms with van der Waals surface area (Å²) in [6.45, 7) is 2.56. The van der Waals surface area contributed by atoms with Gasteiger partial charge in [-0.25, -0.2) is 14.6 Å². The normalized spacial score (nSPS) is 14.5. The van der Waals surface area contributed by atoms with Crippen LogP contribution in [0.1, 0.15) is 17.5 Å². The van der Waals surface area contributed by atoms with Gasteiger partial charge in [-0.15, -0.1) is 0 Å². The first-order valence-corrected chi connectivity index (χ1v) is 13.4. The van der Waals surface area contributed by atoms with Crippen LogP contribution in [0.2, 0.25) is 6.04 Å². The molecule has 0 radical (unpaired) electrons. The van der Waals surface area contributed by atoms with E-state index in [1.54, 1.807) is 12.1 Å². The van der Waals surface area contributed by atoms with Crippen LogP contribution >= 0.6 is 0 Å². The van der Waals surface area contributed by atoms with Crippen LogP contribution in [0.4, 0.5) is 4.79 Å². The molecule has 202 valence electrons. The van der Waals surface area contributed by atoms with Gasteiger partial charge < -0.3 is 44.3 Å². The number of carbonyl (C=O) groups is 1. The molecule has 0 fully saturated rings. The molecule has 2 aliphatic rings. The average molecular weight is 540 g/mol. The zero-order valence-corrected chi connectivity index (χ0v) is 21.1. The Balaban J connectivity index is 1.74. The number of carbonyl (C=O) groups excluding carboxylic acids is 1. The first-order chi connectivity index (χ1) is 17.3. The van der Waals surface area contributed by atoms with Crippen LogP contribution in [0.25, 0.3) is 22.6 Å². The second-order valence-corrected chi connectivity index (χ2v) is 10.8. The highest BCUT2D eigenvalue weighted by Crippen LogP contribution is 2.24. The lowest BCUT2D eigenvalue weighted by Gasteiger charge is -2.25. The predicted molar refractivity (Wildman–Crippen MR) is 130 cm³/mol. The maximum atomic E-state index is 12.4. The minimum Gasteiger partial charge on any atom is -0.447 e. The van der Waals surface area contributed by atoms with Crippen LogP contribution in [0, 0.1) is 13.8 Å². The topological polar surface area (TPSA) is 240 Å². The molecule has 16 heteroatoms. The highest BCUT2D eigenvalue weighted by molar-refractivity contribution is 6.56. The Kier molecular flexibility index (Phi) is 8.75. The van der Waals surface area contributed by atoms with Gasteiger partial charge in [-0.1, -0.05) is 0 Å². The van der Waals surface area contributed by atoms with Crippen molar-refractivity contribution >= 4 is 25.9 Å². The summed E-state index contributed by atoms with van der Waals surface area (Å²) in [7, 11) is -4.21. The second-order valence-electron chi connectivity index (χ2n) is 8.72. The van der Waals surface area contributed by atoms with Crippen molar-refractivity contribution in [1.82, 2.24) is 24.8 Å². The number of H-pyrrole nitrogens is 1. The molecule has 0 saturated heterocycles. The molecule has 0 saturated carbocycles. The third-order valence-electron chi connectivity index (χ3n) is 5.73. The molecule has 8 N–H and O–H groups in total.